The third kappa shape index (κ3) is 0.191. The monoisotopic (exact) mass is 60.0 g/mol. The Morgan fingerprint density at radius 1 is 1.50 bits per heavy atom. The van der Waals surface area contributed by atoms with E-state index in [0.29, 0.717) is 13.2 Å². The molecule has 2 nitrogen and oxygen atoms in total. The van der Waals surface area contributed by atoms with Gasteiger partial charge in [0, 0.05) is 0 Å². The molecule has 0 aromatic heterocycles. The molecule has 1 aliphatic heterocycles. The number of epoxide rings is 1. The largest absolute Gasteiger partial charge is 0.534 e. The van der Waals surface area contributed by atoms with E-state index >= 15 is 0 Å². The fourth-order valence-corrected chi connectivity index (χ4v) is 0.0340. The highest BCUT2D eigenvalue weighted by atomic mass is 17.3. The summed E-state index contributed by atoms with van der Waals surface area (Å²) in [6, 6.07) is 0. The minimum atomic E-state index is 0.681. The van der Waals surface area contributed by atoms with Crippen LogP contribution in [0.2, 0.25) is 0 Å². The Bertz CT molecular complexity index is 23.2. The van der Waals surface area contributed by atoms with Crippen LogP contribution < -0.4 is 5.26 Å². The zero-order chi connectivity index (χ0) is 2.99. The Kier molecular flexibility index (Phi) is 0.242. The first-order chi connectivity index (χ1) is 1.89. The third-order valence-electron chi connectivity index (χ3n) is 0.371. The molecule has 2 heteroatoms. The molecular formula is C2H4O2. The topological polar surface area (TPSA) is 25.8 Å². The average Bonchev–Trinajstić information content (AvgIpc) is 1.75. The van der Waals surface area contributed by atoms with Crippen LogP contribution in [0, 0.1) is 0 Å². The predicted molar refractivity (Wildman–Crippen MR) is 10.8 cm³/mol. The van der Waals surface area contributed by atoms with Crippen LogP contribution in [-0.2, 0) is 4.52 Å². The Morgan fingerprint density at radius 3 is 1.75 bits per heavy atom. The Balaban J connectivity index is 2.17. The summed E-state index contributed by atoms with van der Waals surface area (Å²) in [5.74, 6) is 0. The van der Waals surface area contributed by atoms with Gasteiger partial charge in [0.25, 0.3) is 0 Å². The van der Waals surface area contributed by atoms with Crippen molar-refractivity contribution in [2.75, 3.05) is 13.2 Å². The molecule has 0 spiro atoms. The van der Waals surface area contributed by atoms with E-state index in [1.807, 2.05) is 0 Å². The zero-order valence-electron chi connectivity index (χ0n) is 2.23. The van der Waals surface area contributed by atoms with E-state index in [0.717, 1.165) is 0 Å². The second-order valence-corrected chi connectivity index (χ2v) is 0.848. The lowest BCUT2D eigenvalue weighted by Gasteiger charge is -1.84. The van der Waals surface area contributed by atoms with Gasteiger partial charge < -0.3 is 9.78 Å². The standard InChI is InChI=1S/C2H4O2/c3-4-1-2-4/h1-2H2. The fourth-order valence-electron chi connectivity index (χ4n) is 0.0340. The van der Waals surface area contributed by atoms with Gasteiger partial charge in [0.15, 0.2) is 0 Å². The van der Waals surface area contributed by atoms with Crippen molar-refractivity contribution in [3.8, 4) is 0 Å². The summed E-state index contributed by atoms with van der Waals surface area (Å²) in [6.45, 7) is 1.36. The maximum Gasteiger partial charge on any atom is 0.222 e. The van der Waals surface area contributed by atoms with Crippen molar-refractivity contribution >= 4 is 0 Å². The Hall–Kier alpha value is -0.0800. The molecule has 0 saturated carbocycles. The van der Waals surface area contributed by atoms with Crippen molar-refractivity contribution in [2.24, 2.45) is 0 Å². The summed E-state index contributed by atoms with van der Waals surface area (Å²) in [5, 5.41) is 9.39. The Labute approximate surface area is 24.3 Å². The number of hydrogen-bond acceptors (Lipinski definition) is 1. The third-order valence-corrected chi connectivity index (χ3v) is 0.371. The summed E-state index contributed by atoms with van der Waals surface area (Å²) in [7, 11) is 0. The summed E-state index contributed by atoms with van der Waals surface area (Å²) < 4.78 is 1.58. The first-order valence-corrected chi connectivity index (χ1v) is 1.24. The van der Waals surface area contributed by atoms with Crippen LogP contribution in [0.15, 0.2) is 0 Å². The molecule has 4 heavy (non-hydrogen) atoms. The molecule has 0 aromatic carbocycles. The summed E-state index contributed by atoms with van der Waals surface area (Å²) in [6.07, 6.45) is 0. The van der Waals surface area contributed by atoms with Crippen LogP contribution in [-0.4, -0.2) is 13.2 Å². The van der Waals surface area contributed by atoms with Crippen LogP contribution in [0.5, 0.6) is 0 Å². The van der Waals surface area contributed by atoms with E-state index in [-0.39, 0.29) is 0 Å². The maximum absolute atomic E-state index is 9.39. The van der Waals surface area contributed by atoms with Crippen LogP contribution >= 0.6 is 0 Å². The molecule has 1 heterocycles. The van der Waals surface area contributed by atoms with Crippen molar-refractivity contribution in [3.05, 3.63) is 0 Å². The molecule has 1 saturated heterocycles. The average molecular weight is 60.1 g/mol. The second-order valence-electron chi connectivity index (χ2n) is 0.848. The van der Waals surface area contributed by atoms with Crippen molar-refractivity contribution in [1.82, 2.24) is 0 Å². The molecule has 0 amide bonds. The summed E-state index contributed by atoms with van der Waals surface area (Å²) >= 11 is 0. The van der Waals surface area contributed by atoms with Gasteiger partial charge in [-0.15, -0.1) is 0 Å². The van der Waals surface area contributed by atoms with E-state index < -0.39 is 0 Å². The highest BCUT2D eigenvalue weighted by molar-refractivity contribution is 4.40. The lowest BCUT2D eigenvalue weighted by molar-refractivity contribution is -0.730. The van der Waals surface area contributed by atoms with Gasteiger partial charge in [-0.05, 0) is 0 Å². The van der Waals surface area contributed by atoms with Gasteiger partial charge in [-0.2, -0.15) is 0 Å². The molecule has 0 unspecified atom stereocenters. The molecule has 0 bridgehead atoms. The van der Waals surface area contributed by atoms with Gasteiger partial charge in [-0.25, -0.2) is 0 Å². The van der Waals surface area contributed by atoms with Crippen LogP contribution in [0.4, 0.5) is 0 Å². The van der Waals surface area contributed by atoms with Crippen molar-refractivity contribution in [2.45, 2.75) is 0 Å². The minimum absolute atomic E-state index is 0.681. The summed E-state index contributed by atoms with van der Waals surface area (Å²) in [5.41, 5.74) is 0. The predicted octanol–water partition coefficient (Wildman–Crippen LogP) is -1.17. The first-order valence-electron chi connectivity index (χ1n) is 1.24. The number of rotatable bonds is 0. The fraction of sp³-hybridized carbons (Fsp3) is 1.00. The van der Waals surface area contributed by atoms with E-state index in [1.165, 1.54) is 0 Å². The zero-order valence-corrected chi connectivity index (χ0v) is 2.23. The van der Waals surface area contributed by atoms with Crippen molar-refractivity contribution in [3.63, 3.8) is 0 Å². The normalized spacial score (nSPS) is 26.2. The molecular weight excluding hydrogens is 56.0 g/mol. The van der Waals surface area contributed by atoms with Gasteiger partial charge in [-0.1, -0.05) is 0 Å². The van der Waals surface area contributed by atoms with E-state index in [9.17, 15) is 5.26 Å². The maximum atomic E-state index is 9.39. The summed E-state index contributed by atoms with van der Waals surface area (Å²) in [4.78, 5) is 0. The van der Waals surface area contributed by atoms with Crippen molar-refractivity contribution in [1.29, 1.82) is 0 Å². The van der Waals surface area contributed by atoms with Gasteiger partial charge >= 0.3 is 0 Å². The second kappa shape index (κ2) is 0.445. The van der Waals surface area contributed by atoms with Gasteiger partial charge in [-0.3, -0.25) is 0 Å². The molecule has 0 N–H and O–H groups in total. The molecule has 1 aliphatic rings. The van der Waals surface area contributed by atoms with Crippen molar-refractivity contribution < 1.29 is 9.78 Å². The smallest absolute Gasteiger partial charge is 0.222 e. The van der Waals surface area contributed by atoms with Gasteiger partial charge in [0.05, 0.1) is 0 Å². The molecule has 0 radical (unpaired) electrons. The van der Waals surface area contributed by atoms with Gasteiger partial charge in [0.2, 0.25) is 13.2 Å². The molecule has 24 valence electrons. The number of hydrogen-bond donors (Lipinski definition) is 0. The molecule has 0 atom stereocenters. The molecule has 0 aromatic rings. The van der Waals surface area contributed by atoms with E-state index in [4.69, 9.17) is 0 Å². The highest BCUT2D eigenvalue weighted by Crippen LogP contribution is 1.96. The molecule has 1 fully saturated rings. The first kappa shape index (κ1) is 2.18. The SMILES string of the molecule is [O-][O+]1CC1. The van der Waals surface area contributed by atoms with Crippen LogP contribution in [0.25, 0.3) is 0 Å². The molecule has 1 rings (SSSR count). The Morgan fingerprint density at radius 2 is 1.75 bits per heavy atom. The van der Waals surface area contributed by atoms with Crippen LogP contribution in [0.3, 0.4) is 0 Å². The van der Waals surface area contributed by atoms with E-state index in [2.05, 4.69) is 0 Å². The van der Waals surface area contributed by atoms with E-state index in [1.54, 1.807) is 4.52 Å². The highest BCUT2D eigenvalue weighted by Gasteiger charge is 2.14. The quantitative estimate of drug-likeness (QED) is 0.196. The minimum Gasteiger partial charge on any atom is -0.534 e. The van der Waals surface area contributed by atoms with Gasteiger partial charge in [0.1, 0.15) is 0 Å². The lowest BCUT2D eigenvalue weighted by atomic mass is 11.0. The molecule has 0 aliphatic carbocycles. The van der Waals surface area contributed by atoms with Crippen LogP contribution in [0.1, 0.15) is 0 Å². The lowest BCUT2D eigenvalue weighted by Crippen LogP contribution is -2.01.